The smallest absolute Gasteiger partial charge is 0.308 e. The first-order chi connectivity index (χ1) is 9.58. The third-order valence-corrected chi connectivity index (χ3v) is 5.05. The summed E-state index contributed by atoms with van der Waals surface area (Å²) in [5.41, 5.74) is 1.97. The maximum Gasteiger partial charge on any atom is 0.308 e. The fourth-order valence-corrected chi connectivity index (χ4v) is 3.84. The highest BCUT2D eigenvalue weighted by Gasteiger charge is 2.11. The molecule has 0 amide bonds. The van der Waals surface area contributed by atoms with Gasteiger partial charge in [0.1, 0.15) is 5.75 Å². The molecule has 6 heteroatoms. The Morgan fingerprint density at radius 2 is 2.30 bits per heavy atom. The molecule has 0 atom stereocenters. The standard InChI is InChI=1S/C14H15NO3S2/c1-9-12(7-13(16)17)20-14(15-9)19-8-10-4-3-5-11(6-10)18-2/h3-6H,7-8H2,1-2H3,(H,16,17). The van der Waals surface area contributed by atoms with Crippen LogP contribution >= 0.6 is 23.1 Å². The summed E-state index contributed by atoms with van der Waals surface area (Å²) >= 11 is 3.07. The van der Waals surface area contributed by atoms with Crippen molar-refractivity contribution in [1.82, 2.24) is 4.98 Å². The van der Waals surface area contributed by atoms with Crippen LogP contribution in [0.2, 0.25) is 0 Å². The Morgan fingerprint density at radius 3 is 3.00 bits per heavy atom. The van der Waals surface area contributed by atoms with Gasteiger partial charge in [-0.3, -0.25) is 4.79 Å². The Bertz CT molecular complexity index is 610. The number of rotatable bonds is 6. The van der Waals surface area contributed by atoms with Crippen LogP contribution in [0.5, 0.6) is 5.75 Å². The SMILES string of the molecule is COc1cccc(CSc2nc(C)c(CC(=O)O)s2)c1. The molecule has 0 aliphatic heterocycles. The van der Waals surface area contributed by atoms with E-state index in [0.717, 1.165) is 32.0 Å². The highest BCUT2D eigenvalue weighted by atomic mass is 32.2. The second kappa shape index (κ2) is 6.76. The van der Waals surface area contributed by atoms with E-state index in [1.165, 1.54) is 11.3 Å². The van der Waals surface area contributed by atoms with Gasteiger partial charge in [0.15, 0.2) is 4.34 Å². The van der Waals surface area contributed by atoms with Gasteiger partial charge in [0.05, 0.1) is 19.2 Å². The van der Waals surface area contributed by atoms with E-state index in [9.17, 15) is 4.79 Å². The van der Waals surface area contributed by atoms with Crippen LogP contribution in [0.3, 0.4) is 0 Å². The molecular weight excluding hydrogens is 294 g/mol. The zero-order valence-electron chi connectivity index (χ0n) is 11.3. The molecule has 2 aromatic rings. The molecule has 20 heavy (non-hydrogen) atoms. The lowest BCUT2D eigenvalue weighted by Gasteiger charge is -2.02. The predicted octanol–water partition coefficient (Wildman–Crippen LogP) is 3.38. The fraction of sp³-hybridized carbons (Fsp3) is 0.286. The zero-order chi connectivity index (χ0) is 14.5. The van der Waals surface area contributed by atoms with Gasteiger partial charge in [-0.15, -0.1) is 11.3 Å². The Morgan fingerprint density at radius 1 is 1.50 bits per heavy atom. The number of carbonyl (C=O) groups is 1. The van der Waals surface area contributed by atoms with Gasteiger partial charge in [-0.25, -0.2) is 4.98 Å². The van der Waals surface area contributed by atoms with Crippen LogP contribution in [0.15, 0.2) is 28.6 Å². The van der Waals surface area contributed by atoms with Crippen LogP contribution in [-0.2, 0) is 17.0 Å². The molecule has 0 fully saturated rings. The molecular formula is C14H15NO3S2. The molecule has 0 saturated carbocycles. The van der Waals surface area contributed by atoms with Crippen LogP contribution < -0.4 is 4.74 Å². The molecule has 4 nitrogen and oxygen atoms in total. The van der Waals surface area contributed by atoms with Gasteiger partial charge >= 0.3 is 5.97 Å². The van der Waals surface area contributed by atoms with E-state index < -0.39 is 5.97 Å². The van der Waals surface area contributed by atoms with Gasteiger partial charge in [-0.2, -0.15) is 0 Å². The lowest BCUT2D eigenvalue weighted by Crippen LogP contribution is -1.99. The highest BCUT2D eigenvalue weighted by Crippen LogP contribution is 2.30. The molecule has 1 heterocycles. The number of carboxylic acid groups (broad SMARTS) is 1. The minimum Gasteiger partial charge on any atom is -0.497 e. The number of nitrogens with zero attached hydrogens (tertiary/aromatic N) is 1. The lowest BCUT2D eigenvalue weighted by molar-refractivity contribution is -0.136. The number of thiazole rings is 1. The number of benzene rings is 1. The van der Waals surface area contributed by atoms with Gasteiger partial charge in [0, 0.05) is 10.6 Å². The first kappa shape index (κ1) is 14.9. The molecule has 0 bridgehead atoms. The van der Waals surface area contributed by atoms with E-state index in [1.807, 2.05) is 31.2 Å². The second-order valence-corrected chi connectivity index (χ2v) is 6.51. The molecule has 1 aromatic carbocycles. The van der Waals surface area contributed by atoms with Gasteiger partial charge in [-0.1, -0.05) is 23.9 Å². The van der Waals surface area contributed by atoms with Crippen LogP contribution in [0.1, 0.15) is 16.1 Å². The van der Waals surface area contributed by atoms with Gasteiger partial charge in [0.25, 0.3) is 0 Å². The minimum atomic E-state index is -0.818. The van der Waals surface area contributed by atoms with E-state index in [2.05, 4.69) is 4.98 Å². The van der Waals surface area contributed by atoms with Crippen LogP contribution in [0, 0.1) is 6.92 Å². The van der Waals surface area contributed by atoms with Crippen molar-refractivity contribution >= 4 is 29.1 Å². The fourth-order valence-electron chi connectivity index (χ4n) is 1.67. The first-order valence-electron chi connectivity index (χ1n) is 6.02. The molecule has 1 aromatic heterocycles. The summed E-state index contributed by atoms with van der Waals surface area (Å²) < 4.78 is 6.09. The van der Waals surface area contributed by atoms with Crippen molar-refractivity contribution in [3.8, 4) is 5.75 Å². The maximum atomic E-state index is 10.7. The van der Waals surface area contributed by atoms with Crippen molar-refractivity contribution in [3.63, 3.8) is 0 Å². The number of hydrogen-bond donors (Lipinski definition) is 1. The number of hydrogen-bond acceptors (Lipinski definition) is 5. The summed E-state index contributed by atoms with van der Waals surface area (Å²) in [5.74, 6) is 0.808. The van der Waals surface area contributed by atoms with Crippen LogP contribution in [0.25, 0.3) is 0 Å². The molecule has 1 N–H and O–H groups in total. The van der Waals surface area contributed by atoms with Gasteiger partial charge in [0.2, 0.25) is 0 Å². The summed E-state index contributed by atoms with van der Waals surface area (Å²) in [4.78, 5) is 16.0. The van der Waals surface area contributed by atoms with Crippen molar-refractivity contribution in [2.45, 2.75) is 23.4 Å². The third kappa shape index (κ3) is 3.98. The molecule has 0 radical (unpaired) electrons. The zero-order valence-corrected chi connectivity index (χ0v) is 12.9. The number of ether oxygens (including phenoxy) is 1. The summed E-state index contributed by atoms with van der Waals surface area (Å²) in [6, 6.07) is 7.89. The number of methoxy groups -OCH3 is 1. The van der Waals surface area contributed by atoms with E-state index in [-0.39, 0.29) is 6.42 Å². The summed E-state index contributed by atoms with van der Waals surface area (Å²) in [7, 11) is 1.65. The van der Waals surface area contributed by atoms with Crippen LogP contribution in [0.4, 0.5) is 0 Å². The average Bonchev–Trinajstić information content (AvgIpc) is 2.76. The van der Waals surface area contributed by atoms with E-state index in [1.54, 1.807) is 18.9 Å². The lowest BCUT2D eigenvalue weighted by atomic mass is 10.2. The Hall–Kier alpha value is -1.53. The maximum absolute atomic E-state index is 10.7. The first-order valence-corrected chi connectivity index (χ1v) is 7.82. The van der Waals surface area contributed by atoms with Crippen molar-refractivity contribution in [2.75, 3.05) is 7.11 Å². The topological polar surface area (TPSA) is 59.4 Å². The van der Waals surface area contributed by atoms with Crippen LogP contribution in [-0.4, -0.2) is 23.2 Å². The predicted molar refractivity (Wildman–Crippen MR) is 80.7 cm³/mol. The summed E-state index contributed by atoms with van der Waals surface area (Å²) in [6.07, 6.45) is 0.0449. The summed E-state index contributed by atoms with van der Waals surface area (Å²) in [5, 5.41) is 8.82. The highest BCUT2D eigenvalue weighted by molar-refractivity contribution is 8.00. The van der Waals surface area contributed by atoms with E-state index >= 15 is 0 Å². The van der Waals surface area contributed by atoms with E-state index in [4.69, 9.17) is 9.84 Å². The van der Waals surface area contributed by atoms with Crippen molar-refractivity contribution in [1.29, 1.82) is 0 Å². The molecule has 0 aliphatic carbocycles. The molecule has 106 valence electrons. The number of carboxylic acids is 1. The summed E-state index contributed by atoms with van der Waals surface area (Å²) in [6.45, 7) is 1.85. The molecule has 0 saturated heterocycles. The quantitative estimate of drug-likeness (QED) is 0.829. The largest absolute Gasteiger partial charge is 0.497 e. The minimum absolute atomic E-state index is 0.0449. The van der Waals surface area contributed by atoms with Gasteiger partial charge in [-0.05, 0) is 24.6 Å². The van der Waals surface area contributed by atoms with Crippen molar-refractivity contribution < 1.29 is 14.6 Å². The molecule has 2 rings (SSSR count). The average molecular weight is 309 g/mol. The Kier molecular flexibility index (Phi) is 5.03. The number of aliphatic carboxylic acids is 1. The Labute approximate surface area is 125 Å². The monoisotopic (exact) mass is 309 g/mol. The number of aryl methyl sites for hydroxylation is 1. The van der Waals surface area contributed by atoms with E-state index in [0.29, 0.717) is 0 Å². The Balaban J connectivity index is 2.01. The van der Waals surface area contributed by atoms with Gasteiger partial charge < -0.3 is 9.84 Å². The van der Waals surface area contributed by atoms with Crippen molar-refractivity contribution in [2.24, 2.45) is 0 Å². The normalized spacial score (nSPS) is 10.5. The third-order valence-electron chi connectivity index (χ3n) is 2.68. The molecule has 0 unspecified atom stereocenters. The molecule has 0 aliphatic rings. The molecule has 0 spiro atoms. The number of thioether (sulfide) groups is 1. The second-order valence-electron chi connectivity index (χ2n) is 4.20. The van der Waals surface area contributed by atoms with Crippen molar-refractivity contribution in [3.05, 3.63) is 40.4 Å². The number of aromatic nitrogens is 1.